The van der Waals surface area contributed by atoms with Crippen molar-refractivity contribution in [1.82, 2.24) is 9.29 Å². The van der Waals surface area contributed by atoms with Crippen molar-refractivity contribution >= 4 is 21.8 Å². The van der Waals surface area contributed by atoms with Gasteiger partial charge in [0.1, 0.15) is 11.4 Å². The summed E-state index contributed by atoms with van der Waals surface area (Å²) >= 11 is 0. The number of nitrogen functional groups attached to an aromatic ring is 1. The molecule has 21 heavy (non-hydrogen) atoms. The summed E-state index contributed by atoms with van der Waals surface area (Å²) < 4.78 is 23.1. The van der Waals surface area contributed by atoms with Gasteiger partial charge in [0.05, 0.1) is 4.90 Å². The number of rotatable bonds is 3. The molecule has 0 aliphatic heterocycles. The lowest BCUT2D eigenvalue weighted by molar-refractivity contribution is 0.0606. The summed E-state index contributed by atoms with van der Waals surface area (Å²) in [5, 5.41) is 0. The fourth-order valence-electron chi connectivity index (χ4n) is 1.35. The van der Waals surface area contributed by atoms with Crippen LogP contribution in [0.5, 0.6) is 0 Å². The van der Waals surface area contributed by atoms with Gasteiger partial charge in [-0.05, 0) is 32.9 Å². The zero-order chi connectivity index (χ0) is 16.3. The Labute approximate surface area is 125 Å². The first kappa shape index (κ1) is 17.3. The minimum absolute atomic E-state index is 0.289. The molecule has 1 aromatic rings. The van der Waals surface area contributed by atoms with Gasteiger partial charge >= 0.3 is 6.09 Å². The predicted molar refractivity (Wildman–Crippen MR) is 80.8 cm³/mol. The standard InChI is InChI=1S/C12H21N5O3S/c1-12(2,3)20-11(18)16-21(19,17(4)5)9-6-7-10(15-13)14-8-9/h6-8H,13H2,1-5H3,(H,14,15). The SMILES string of the molecule is CN(C)S(=O)(=NC(=O)OC(C)(C)C)c1ccc(NN)nc1. The third kappa shape index (κ3) is 4.66. The number of aromatic nitrogens is 1. The summed E-state index contributed by atoms with van der Waals surface area (Å²) in [4.78, 5) is 16.1. The van der Waals surface area contributed by atoms with Crippen LogP contribution in [0.2, 0.25) is 0 Å². The van der Waals surface area contributed by atoms with E-state index in [0.717, 1.165) is 0 Å². The van der Waals surface area contributed by atoms with Gasteiger partial charge in [-0.25, -0.2) is 24.1 Å². The minimum Gasteiger partial charge on any atom is -0.442 e. The highest BCUT2D eigenvalue weighted by Gasteiger charge is 2.22. The van der Waals surface area contributed by atoms with Crippen molar-refractivity contribution < 1.29 is 13.7 Å². The van der Waals surface area contributed by atoms with Crippen LogP contribution in [0.15, 0.2) is 27.6 Å². The van der Waals surface area contributed by atoms with Crippen molar-refractivity contribution in [3.8, 4) is 0 Å². The average molecular weight is 315 g/mol. The molecule has 118 valence electrons. The molecular formula is C12H21N5O3S. The molecule has 0 saturated carbocycles. The molecule has 1 aromatic heterocycles. The summed E-state index contributed by atoms with van der Waals surface area (Å²) in [6, 6.07) is 3.08. The molecule has 0 saturated heterocycles. The van der Waals surface area contributed by atoms with E-state index in [4.69, 9.17) is 10.6 Å². The maximum Gasteiger partial charge on any atom is 0.443 e. The van der Waals surface area contributed by atoms with Crippen LogP contribution in [-0.2, 0) is 14.7 Å². The van der Waals surface area contributed by atoms with Gasteiger partial charge in [-0.15, -0.1) is 4.36 Å². The maximum absolute atomic E-state index is 12.9. The molecule has 1 amide bonds. The first-order chi connectivity index (χ1) is 9.58. The minimum atomic E-state index is -3.13. The summed E-state index contributed by atoms with van der Waals surface area (Å²) in [6.07, 6.45) is 0.466. The molecule has 0 aliphatic carbocycles. The Morgan fingerprint density at radius 2 is 2.05 bits per heavy atom. The Balaban J connectivity index is 3.25. The van der Waals surface area contributed by atoms with Gasteiger partial charge in [-0.2, -0.15) is 0 Å². The highest BCUT2D eigenvalue weighted by Crippen LogP contribution is 2.18. The van der Waals surface area contributed by atoms with E-state index in [2.05, 4.69) is 14.8 Å². The van der Waals surface area contributed by atoms with E-state index in [1.54, 1.807) is 47.0 Å². The van der Waals surface area contributed by atoms with E-state index in [0.29, 0.717) is 5.82 Å². The van der Waals surface area contributed by atoms with Crippen molar-refractivity contribution in [3.05, 3.63) is 18.3 Å². The molecule has 1 atom stereocenters. The number of anilines is 1. The van der Waals surface area contributed by atoms with E-state index in [1.807, 2.05) is 0 Å². The van der Waals surface area contributed by atoms with Gasteiger partial charge in [0, 0.05) is 20.3 Å². The second-order valence-electron chi connectivity index (χ2n) is 5.40. The Morgan fingerprint density at radius 1 is 1.43 bits per heavy atom. The van der Waals surface area contributed by atoms with E-state index in [1.165, 1.54) is 10.5 Å². The van der Waals surface area contributed by atoms with Gasteiger partial charge in [0.2, 0.25) is 0 Å². The quantitative estimate of drug-likeness (QED) is 0.647. The number of amides is 1. The van der Waals surface area contributed by atoms with Crippen LogP contribution in [0.25, 0.3) is 0 Å². The zero-order valence-corrected chi connectivity index (χ0v) is 13.6. The summed E-state index contributed by atoms with van der Waals surface area (Å²) in [5.74, 6) is 5.64. The van der Waals surface area contributed by atoms with E-state index >= 15 is 0 Å². The lowest BCUT2D eigenvalue weighted by Gasteiger charge is -2.20. The van der Waals surface area contributed by atoms with Crippen molar-refractivity contribution in [3.63, 3.8) is 0 Å². The van der Waals surface area contributed by atoms with Gasteiger partial charge in [0.15, 0.2) is 9.92 Å². The molecule has 1 heterocycles. The number of nitrogens with one attached hydrogen (secondary N) is 1. The normalized spacial score (nSPS) is 14.4. The smallest absolute Gasteiger partial charge is 0.442 e. The first-order valence-corrected chi connectivity index (χ1v) is 7.66. The topological polar surface area (TPSA) is 110 Å². The second kappa shape index (κ2) is 6.37. The number of ether oxygens (including phenoxy) is 1. The van der Waals surface area contributed by atoms with Gasteiger partial charge in [0.25, 0.3) is 0 Å². The van der Waals surface area contributed by atoms with Crippen LogP contribution in [0.1, 0.15) is 20.8 Å². The van der Waals surface area contributed by atoms with Crippen LogP contribution >= 0.6 is 0 Å². The highest BCUT2D eigenvalue weighted by molar-refractivity contribution is 7.91. The fraction of sp³-hybridized carbons (Fsp3) is 0.500. The van der Waals surface area contributed by atoms with Crippen molar-refractivity contribution in [2.24, 2.45) is 10.2 Å². The fourth-order valence-corrected chi connectivity index (χ4v) is 2.71. The molecule has 1 unspecified atom stereocenters. The first-order valence-electron chi connectivity index (χ1n) is 6.19. The van der Waals surface area contributed by atoms with E-state index in [-0.39, 0.29) is 4.90 Å². The van der Waals surface area contributed by atoms with Crippen LogP contribution in [0.4, 0.5) is 10.6 Å². The van der Waals surface area contributed by atoms with Crippen molar-refractivity contribution in [2.45, 2.75) is 31.3 Å². The molecule has 1 rings (SSSR count). The maximum atomic E-state index is 12.9. The molecule has 0 bridgehead atoms. The van der Waals surface area contributed by atoms with Crippen molar-refractivity contribution in [2.75, 3.05) is 19.5 Å². The number of nitrogens with two attached hydrogens (primary N) is 1. The van der Waals surface area contributed by atoms with E-state index < -0.39 is 21.6 Å². The number of nitrogens with zero attached hydrogens (tertiary/aromatic N) is 3. The molecule has 0 radical (unpaired) electrons. The third-order valence-electron chi connectivity index (χ3n) is 2.28. The Kier molecular flexibility index (Phi) is 5.26. The van der Waals surface area contributed by atoms with Gasteiger partial charge < -0.3 is 10.2 Å². The third-order valence-corrected chi connectivity index (χ3v) is 4.52. The number of carbonyl (C=O) groups excluding carboxylic acids is 1. The van der Waals surface area contributed by atoms with Gasteiger partial charge in [-0.1, -0.05) is 0 Å². The Bertz CT molecular complexity index is 613. The Morgan fingerprint density at radius 3 is 2.43 bits per heavy atom. The second-order valence-corrected chi connectivity index (χ2v) is 7.78. The largest absolute Gasteiger partial charge is 0.443 e. The summed E-state index contributed by atoms with van der Waals surface area (Å²) in [5.41, 5.74) is 1.66. The molecule has 0 aliphatic rings. The monoisotopic (exact) mass is 315 g/mol. The van der Waals surface area contributed by atoms with Crippen LogP contribution < -0.4 is 11.3 Å². The molecule has 9 heteroatoms. The lowest BCUT2D eigenvalue weighted by Crippen LogP contribution is -2.27. The van der Waals surface area contributed by atoms with Crippen LogP contribution in [0.3, 0.4) is 0 Å². The Hall–Kier alpha value is -1.71. The molecular weight excluding hydrogens is 294 g/mol. The number of carbonyl (C=O) groups is 1. The molecule has 0 fully saturated rings. The molecule has 0 aromatic carbocycles. The van der Waals surface area contributed by atoms with Crippen LogP contribution in [-0.4, -0.2) is 39.3 Å². The molecule has 3 N–H and O–H groups in total. The number of pyridine rings is 1. The van der Waals surface area contributed by atoms with Crippen molar-refractivity contribution in [1.29, 1.82) is 0 Å². The number of hydrazine groups is 1. The van der Waals surface area contributed by atoms with Crippen LogP contribution in [0, 0.1) is 0 Å². The zero-order valence-electron chi connectivity index (χ0n) is 12.8. The predicted octanol–water partition coefficient (Wildman–Crippen LogP) is 1.61. The highest BCUT2D eigenvalue weighted by atomic mass is 32.2. The summed E-state index contributed by atoms with van der Waals surface area (Å²) in [6.45, 7) is 5.13. The molecule has 8 nitrogen and oxygen atoms in total. The number of hydrogen-bond donors (Lipinski definition) is 2. The average Bonchev–Trinajstić information content (AvgIpc) is 2.36. The summed E-state index contributed by atoms with van der Waals surface area (Å²) in [7, 11) is -0.00663. The lowest BCUT2D eigenvalue weighted by atomic mass is 10.2. The molecule has 0 spiro atoms. The van der Waals surface area contributed by atoms with Gasteiger partial charge in [-0.3, -0.25) is 0 Å². The number of hydrogen-bond acceptors (Lipinski definition) is 6. The van der Waals surface area contributed by atoms with E-state index in [9.17, 15) is 9.00 Å².